The molecule has 19 heavy (non-hydrogen) atoms. The second kappa shape index (κ2) is 4.91. The highest BCUT2D eigenvalue weighted by atomic mass is 16.4. The van der Waals surface area contributed by atoms with E-state index in [2.05, 4.69) is 34.5 Å². The number of amidine groups is 1. The van der Waals surface area contributed by atoms with Crippen LogP contribution >= 0.6 is 0 Å². The molecule has 1 aliphatic carbocycles. The van der Waals surface area contributed by atoms with Crippen molar-refractivity contribution < 1.29 is 10.0 Å². The SMILES string of the molecule is CC1(C)CCCC1C(=O)Nc1[nH]ncc1C(N)=NO. The number of rotatable bonds is 3. The highest BCUT2D eigenvalue weighted by Crippen LogP contribution is 2.43. The Bertz CT molecular complexity index is 506. The van der Waals surface area contributed by atoms with Gasteiger partial charge < -0.3 is 16.3 Å². The second-order valence-electron chi connectivity index (χ2n) is 5.57. The number of H-pyrrole nitrogens is 1. The molecule has 1 fully saturated rings. The van der Waals surface area contributed by atoms with Crippen molar-refractivity contribution in [2.75, 3.05) is 5.32 Å². The van der Waals surface area contributed by atoms with Crippen molar-refractivity contribution in [3.05, 3.63) is 11.8 Å². The van der Waals surface area contributed by atoms with Crippen LogP contribution in [-0.4, -0.2) is 27.1 Å². The van der Waals surface area contributed by atoms with Crippen LogP contribution < -0.4 is 11.1 Å². The summed E-state index contributed by atoms with van der Waals surface area (Å²) in [6.07, 6.45) is 4.39. The number of aromatic amines is 1. The molecule has 0 spiro atoms. The molecule has 1 aromatic rings. The van der Waals surface area contributed by atoms with Gasteiger partial charge in [0.05, 0.1) is 11.8 Å². The van der Waals surface area contributed by atoms with E-state index < -0.39 is 0 Å². The van der Waals surface area contributed by atoms with E-state index in [1.807, 2.05) is 0 Å². The van der Waals surface area contributed by atoms with E-state index >= 15 is 0 Å². The van der Waals surface area contributed by atoms with Crippen molar-refractivity contribution in [3.8, 4) is 0 Å². The largest absolute Gasteiger partial charge is 0.409 e. The number of anilines is 1. The maximum atomic E-state index is 12.3. The fourth-order valence-electron chi connectivity index (χ4n) is 2.65. The van der Waals surface area contributed by atoms with Crippen LogP contribution in [0.2, 0.25) is 0 Å². The maximum Gasteiger partial charge on any atom is 0.229 e. The number of nitrogens with zero attached hydrogens (tertiary/aromatic N) is 2. The van der Waals surface area contributed by atoms with Gasteiger partial charge >= 0.3 is 0 Å². The quantitative estimate of drug-likeness (QED) is 0.285. The lowest BCUT2D eigenvalue weighted by atomic mass is 9.81. The molecule has 1 atom stereocenters. The zero-order valence-electron chi connectivity index (χ0n) is 11.1. The van der Waals surface area contributed by atoms with Crippen LogP contribution in [0.5, 0.6) is 0 Å². The molecule has 1 aliphatic rings. The summed E-state index contributed by atoms with van der Waals surface area (Å²) < 4.78 is 0. The monoisotopic (exact) mass is 265 g/mol. The molecule has 0 saturated heterocycles. The molecule has 1 heterocycles. The molecule has 1 amide bonds. The van der Waals surface area contributed by atoms with Gasteiger partial charge in [-0.2, -0.15) is 5.10 Å². The summed E-state index contributed by atoms with van der Waals surface area (Å²) in [7, 11) is 0. The minimum Gasteiger partial charge on any atom is -0.409 e. The van der Waals surface area contributed by atoms with E-state index in [0.717, 1.165) is 19.3 Å². The van der Waals surface area contributed by atoms with Gasteiger partial charge in [0.2, 0.25) is 5.91 Å². The topological polar surface area (TPSA) is 116 Å². The van der Waals surface area contributed by atoms with Crippen molar-refractivity contribution >= 4 is 17.6 Å². The normalized spacial score (nSPS) is 22.4. The number of nitrogens with one attached hydrogen (secondary N) is 2. The summed E-state index contributed by atoms with van der Waals surface area (Å²) >= 11 is 0. The summed E-state index contributed by atoms with van der Waals surface area (Å²) in [5.41, 5.74) is 5.89. The lowest BCUT2D eigenvalue weighted by molar-refractivity contribution is -0.122. The zero-order chi connectivity index (χ0) is 14.0. The van der Waals surface area contributed by atoms with Crippen LogP contribution in [0.3, 0.4) is 0 Å². The van der Waals surface area contributed by atoms with Gasteiger partial charge in [0.1, 0.15) is 5.82 Å². The van der Waals surface area contributed by atoms with E-state index in [9.17, 15) is 4.79 Å². The zero-order valence-corrected chi connectivity index (χ0v) is 11.1. The number of hydrogen-bond acceptors (Lipinski definition) is 4. The van der Waals surface area contributed by atoms with Crippen LogP contribution in [0.4, 0.5) is 5.82 Å². The van der Waals surface area contributed by atoms with Crippen LogP contribution in [0.25, 0.3) is 0 Å². The average molecular weight is 265 g/mol. The molecule has 0 aromatic carbocycles. The summed E-state index contributed by atoms with van der Waals surface area (Å²) in [5, 5.41) is 20.8. The third kappa shape index (κ3) is 2.54. The molecule has 104 valence electrons. The number of carbonyl (C=O) groups is 1. The van der Waals surface area contributed by atoms with Crippen LogP contribution in [0.15, 0.2) is 11.4 Å². The Morgan fingerprint density at radius 3 is 3.00 bits per heavy atom. The van der Waals surface area contributed by atoms with Gasteiger partial charge in [0.25, 0.3) is 0 Å². The first kappa shape index (κ1) is 13.4. The Labute approximate surface area is 111 Å². The number of aromatic nitrogens is 2. The molecule has 1 saturated carbocycles. The number of hydrogen-bond donors (Lipinski definition) is 4. The predicted octanol–water partition coefficient (Wildman–Crippen LogP) is 1.27. The standard InChI is InChI=1S/C12H19N5O2/c1-12(2)5-3-4-8(12)11(18)15-10-7(6-14-16-10)9(13)17-19/h6,8,19H,3-5H2,1-2H3,(H2,13,17)(H2,14,15,16,18). The van der Waals surface area contributed by atoms with Gasteiger partial charge in [-0.25, -0.2) is 0 Å². The molecule has 1 unspecified atom stereocenters. The lowest BCUT2D eigenvalue weighted by Gasteiger charge is -2.25. The maximum absolute atomic E-state index is 12.3. The van der Waals surface area contributed by atoms with Gasteiger partial charge in [-0.05, 0) is 18.3 Å². The average Bonchev–Trinajstić information content (AvgIpc) is 2.94. The smallest absolute Gasteiger partial charge is 0.229 e. The highest BCUT2D eigenvalue weighted by molar-refractivity contribution is 6.04. The molecule has 1 aromatic heterocycles. The van der Waals surface area contributed by atoms with Crippen molar-refractivity contribution in [1.29, 1.82) is 0 Å². The lowest BCUT2D eigenvalue weighted by Crippen LogP contribution is -2.31. The minimum absolute atomic E-state index is 0.000874. The minimum atomic E-state index is -0.0882. The predicted molar refractivity (Wildman–Crippen MR) is 70.9 cm³/mol. The third-order valence-electron chi connectivity index (χ3n) is 3.84. The van der Waals surface area contributed by atoms with E-state index in [-0.39, 0.29) is 23.1 Å². The number of oxime groups is 1. The van der Waals surface area contributed by atoms with Gasteiger partial charge in [-0.15, -0.1) is 0 Å². The fourth-order valence-corrected chi connectivity index (χ4v) is 2.65. The Kier molecular flexibility index (Phi) is 3.46. The molecular formula is C12H19N5O2. The van der Waals surface area contributed by atoms with Crippen LogP contribution in [0.1, 0.15) is 38.7 Å². The van der Waals surface area contributed by atoms with E-state index in [1.165, 1.54) is 6.20 Å². The van der Waals surface area contributed by atoms with Gasteiger partial charge in [-0.3, -0.25) is 9.89 Å². The van der Waals surface area contributed by atoms with Gasteiger partial charge in [-0.1, -0.05) is 25.4 Å². The van der Waals surface area contributed by atoms with Gasteiger partial charge in [0, 0.05) is 5.92 Å². The Morgan fingerprint density at radius 2 is 2.42 bits per heavy atom. The van der Waals surface area contributed by atoms with E-state index in [4.69, 9.17) is 10.9 Å². The molecule has 7 nitrogen and oxygen atoms in total. The molecule has 0 aliphatic heterocycles. The van der Waals surface area contributed by atoms with Crippen LogP contribution in [-0.2, 0) is 4.79 Å². The van der Waals surface area contributed by atoms with E-state index in [1.54, 1.807) is 0 Å². The summed E-state index contributed by atoms with van der Waals surface area (Å²) in [5.74, 6) is 0.187. The summed E-state index contributed by atoms with van der Waals surface area (Å²) in [4.78, 5) is 12.3. The van der Waals surface area contributed by atoms with E-state index in [0.29, 0.717) is 11.4 Å². The molecule has 5 N–H and O–H groups in total. The first-order valence-electron chi connectivity index (χ1n) is 6.28. The molecule has 7 heteroatoms. The third-order valence-corrected chi connectivity index (χ3v) is 3.84. The van der Waals surface area contributed by atoms with Crippen molar-refractivity contribution in [3.63, 3.8) is 0 Å². The Hall–Kier alpha value is -2.05. The Balaban J connectivity index is 2.14. The first-order chi connectivity index (χ1) is 8.95. The highest BCUT2D eigenvalue weighted by Gasteiger charge is 2.39. The summed E-state index contributed by atoms with van der Waals surface area (Å²) in [6, 6.07) is 0. The first-order valence-corrected chi connectivity index (χ1v) is 6.28. The van der Waals surface area contributed by atoms with Crippen molar-refractivity contribution in [2.45, 2.75) is 33.1 Å². The van der Waals surface area contributed by atoms with Crippen molar-refractivity contribution in [1.82, 2.24) is 10.2 Å². The molecule has 0 bridgehead atoms. The number of carbonyl (C=O) groups excluding carboxylic acids is 1. The number of nitrogens with two attached hydrogens (primary N) is 1. The molecule has 0 radical (unpaired) electrons. The fraction of sp³-hybridized carbons (Fsp3) is 0.583. The second-order valence-corrected chi connectivity index (χ2v) is 5.57. The van der Waals surface area contributed by atoms with Crippen molar-refractivity contribution in [2.24, 2.45) is 22.2 Å². The number of amides is 1. The van der Waals surface area contributed by atoms with Gasteiger partial charge in [0.15, 0.2) is 5.84 Å². The Morgan fingerprint density at radius 1 is 1.68 bits per heavy atom. The summed E-state index contributed by atoms with van der Waals surface area (Å²) in [6.45, 7) is 4.20. The molecular weight excluding hydrogens is 246 g/mol. The van der Waals surface area contributed by atoms with Crippen LogP contribution in [0, 0.1) is 11.3 Å². The molecule has 2 rings (SSSR count).